The largest absolute Gasteiger partial charge is 0.462 e. The van der Waals surface area contributed by atoms with Crippen molar-refractivity contribution in [2.24, 2.45) is 0 Å². The van der Waals surface area contributed by atoms with Gasteiger partial charge >= 0.3 is 5.97 Å². The van der Waals surface area contributed by atoms with Crippen molar-refractivity contribution in [1.29, 1.82) is 0 Å². The Balaban J connectivity index is 1.86. The van der Waals surface area contributed by atoms with Crippen LogP contribution >= 0.6 is 22.7 Å². The molecule has 0 aliphatic heterocycles. The minimum absolute atomic E-state index is 0.238. The van der Waals surface area contributed by atoms with E-state index < -0.39 is 5.97 Å². The highest BCUT2D eigenvalue weighted by Gasteiger charge is 2.24. The minimum Gasteiger partial charge on any atom is -0.462 e. The van der Waals surface area contributed by atoms with E-state index in [-0.39, 0.29) is 12.5 Å². The number of amides is 1. The Morgan fingerprint density at radius 2 is 2.07 bits per heavy atom. The quantitative estimate of drug-likeness (QED) is 0.468. The number of carbonyl (C=O) groups excluding carboxylic acids is 2. The number of furan rings is 1. The molecular weight excluding hydrogens is 384 g/mol. The predicted molar refractivity (Wildman–Crippen MR) is 107 cm³/mol. The molecule has 3 aromatic heterocycles. The molecule has 0 atom stereocenters. The first-order valence-electron chi connectivity index (χ1n) is 8.24. The van der Waals surface area contributed by atoms with Gasteiger partial charge < -0.3 is 14.5 Å². The van der Waals surface area contributed by atoms with Gasteiger partial charge in [-0.15, -0.1) is 22.7 Å². The van der Waals surface area contributed by atoms with Gasteiger partial charge in [0.15, 0.2) is 0 Å². The Bertz CT molecular complexity index is 997. The topological polar surface area (TPSA) is 81.4 Å². The molecule has 6 nitrogen and oxygen atoms in total. The van der Waals surface area contributed by atoms with Crippen molar-refractivity contribution in [3.8, 4) is 11.3 Å². The zero-order chi connectivity index (χ0) is 19.4. The number of carbonyl (C=O) groups is 2. The third-order valence-corrected chi connectivity index (χ3v) is 5.24. The number of nitrogens with one attached hydrogen (secondary N) is 1. The molecule has 0 saturated heterocycles. The highest BCUT2D eigenvalue weighted by molar-refractivity contribution is 7.15. The molecule has 3 rings (SSSR count). The molecule has 0 spiro atoms. The van der Waals surface area contributed by atoms with Crippen molar-refractivity contribution in [2.75, 3.05) is 11.9 Å². The summed E-state index contributed by atoms with van der Waals surface area (Å²) in [6.07, 6.45) is 3.02. The maximum absolute atomic E-state index is 12.5. The Labute approximate surface area is 164 Å². The first kappa shape index (κ1) is 19.1. The molecule has 1 N–H and O–H groups in total. The van der Waals surface area contributed by atoms with Crippen molar-refractivity contribution in [1.82, 2.24) is 4.98 Å². The number of rotatable bonds is 6. The SMILES string of the molecule is CCOC(=O)c1c(-c2ccc(C)o2)csc1NC(=O)C=Cc1csc(C)n1. The van der Waals surface area contributed by atoms with Gasteiger partial charge in [0.2, 0.25) is 5.91 Å². The van der Waals surface area contributed by atoms with Gasteiger partial charge in [-0.2, -0.15) is 0 Å². The van der Waals surface area contributed by atoms with Crippen LogP contribution in [0.1, 0.15) is 33.7 Å². The lowest BCUT2D eigenvalue weighted by Gasteiger charge is -2.06. The van der Waals surface area contributed by atoms with E-state index in [1.807, 2.05) is 25.3 Å². The summed E-state index contributed by atoms with van der Waals surface area (Å²) in [4.78, 5) is 29.0. The van der Waals surface area contributed by atoms with E-state index in [0.29, 0.717) is 21.9 Å². The molecular formula is C19H18N2O4S2. The maximum atomic E-state index is 12.5. The number of aryl methyl sites for hydroxylation is 2. The fourth-order valence-electron chi connectivity index (χ4n) is 2.39. The predicted octanol–water partition coefficient (Wildman–Crippen LogP) is 4.91. The van der Waals surface area contributed by atoms with Crippen LogP contribution < -0.4 is 5.32 Å². The summed E-state index contributed by atoms with van der Waals surface area (Å²) >= 11 is 2.76. The molecule has 8 heteroatoms. The molecule has 0 aliphatic carbocycles. The van der Waals surface area contributed by atoms with Gasteiger partial charge in [0, 0.05) is 22.4 Å². The van der Waals surface area contributed by atoms with Gasteiger partial charge in [-0.3, -0.25) is 4.79 Å². The van der Waals surface area contributed by atoms with E-state index in [2.05, 4.69) is 10.3 Å². The lowest BCUT2D eigenvalue weighted by molar-refractivity contribution is -0.111. The zero-order valence-electron chi connectivity index (χ0n) is 15.1. The van der Waals surface area contributed by atoms with Crippen LogP contribution in [0.2, 0.25) is 0 Å². The molecule has 3 heterocycles. The summed E-state index contributed by atoms with van der Waals surface area (Å²) in [6, 6.07) is 3.61. The summed E-state index contributed by atoms with van der Waals surface area (Å²) in [5.41, 5.74) is 1.61. The number of ether oxygens (including phenoxy) is 1. The summed E-state index contributed by atoms with van der Waals surface area (Å²) in [7, 11) is 0. The Morgan fingerprint density at radius 3 is 2.70 bits per heavy atom. The first-order chi connectivity index (χ1) is 13.0. The number of esters is 1. The van der Waals surface area contributed by atoms with E-state index in [9.17, 15) is 9.59 Å². The number of hydrogen-bond acceptors (Lipinski definition) is 7. The van der Waals surface area contributed by atoms with Crippen molar-refractivity contribution in [3.05, 3.63) is 51.0 Å². The molecule has 0 aliphatic rings. The summed E-state index contributed by atoms with van der Waals surface area (Å²) in [5, 5.41) is 7.73. The summed E-state index contributed by atoms with van der Waals surface area (Å²) < 4.78 is 10.8. The van der Waals surface area contributed by atoms with Crippen molar-refractivity contribution in [2.45, 2.75) is 20.8 Å². The van der Waals surface area contributed by atoms with Crippen molar-refractivity contribution >= 4 is 45.6 Å². The highest BCUT2D eigenvalue weighted by Crippen LogP contribution is 2.37. The summed E-state index contributed by atoms with van der Waals surface area (Å²) in [6.45, 7) is 5.70. The van der Waals surface area contributed by atoms with E-state index in [0.717, 1.165) is 16.5 Å². The van der Waals surface area contributed by atoms with E-state index in [1.165, 1.54) is 28.7 Å². The van der Waals surface area contributed by atoms with Gasteiger partial charge in [-0.05, 0) is 39.0 Å². The van der Waals surface area contributed by atoms with E-state index in [4.69, 9.17) is 9.15 Å². The molecule has 0 radical (unpaired) electrons. The summed E-state index contributed by atoms with van der Waals surface area (Å²) in [5.74, 6) is 0.436. The van der Waals surface area contributed by atoms with Crippen LogP contribution in [0.3, 0.4) is 0 Å². The standard InChI is InChI=1S/C19H18N2O4S2/c1-4-24-19(23)17-14(15-7-5-11(2)25-15)10-27-18(17)21-16(22)8-6-13-9-26-12(3)20-13/h5-10H,4H2,1-3H3,(H,21,22). The molecule has 0 bridgehead atoms. The lowest BCUT2D eigenvalue weighted by Crippen LogP contribution is -2.12. The van der Waals surface area contributed by atoms with Gasteiger partial charge in [-0.25, -0.2) is 9.78 Å². The maximum Gasteiger partial charge on any atom is 0.341 e. The second-order valence-corrected chi connectivity index (χ2v) is 7.54. The fraction of sp³-hybridized carbons (Fsp3) is 0.211. The molecule has 27 heavy (non-hydrogen) atoms. The van der Waals surface area contributed by atoms with Gasteiger partial charge in [0.1, 0.15) is 22.1 Å². The number of aromatic nitrogens is 1. The molecule has 0 saturated carbocycles. The van der Waals surface area contributed by atoms with E-state index >= 15 is 0 Å². The number of thiazole rings is 1. The van der Waals surface area contributed by atoms with Crippen molar-refractivity contribution in [3.63, 3.8) is 0 Å². The average Bonchev–Trinajstić information content (AvgIpc) is 3.33. The third kappa shape index (κ3) is 4.53. The molecule has 3 aromatic rings. The van der Waals surface area contributed by atoms with Gasteiger partial charge in [0.05, 0.1) is 17.3 Å². The Kier molecular flexibility index (Phi) is 5.88. The van der Waals surface area contributed by atoms with Crippen LogP contribution in [0, 0.1) is 13.8 Å². The second kappa shape index (κ2) is 8.32. The molecule has 1 amide bonds. The van der Waals surface area contributed by atoms with E-state index in [1.54, 1.807) is 24.4 Å². The number of hydrogen-bond donors (Lipinski definition) is 1. The average molecular weight is 402 g/mol. The van der Waals surface area contributed by atoms with Crippen LogP contribution in [0.15, 0.2) is 33.4 Å². The lowest BCUT2D eigenvalue weighted by atomic mass is 10.1. The van der Waals surface area contributed by atoms with Crippen LogP contribution in [-0.2, 0) is 9.53 Å². The molecule has 140 valence electrons. The number of thiophene rings is 1. The molecule has 0 aromatic carbocycles. The van der Waals surface area contributed by atoms with Crippen LogP contribution in [0.25, 0.3) is 17.4 Å². The van der Waals surface area contributed by atoms with Gasteiger partial charge in [0.25, 0.3) is 0 Å². The highest BCUT2D eigenvalue weighted by atomic mass is 32.1. The van der Waals surface area contributed by atoms with Crippen molar-refractivity contribution < 1.29 is 18.7 Å². The van der Waals surface area contributed by atoms with Crippen LogP contribution in [0.5, 0.6) is 0 Å². The molecule has 0 fully saturated rings. The van der Waals surface area contributed by atoms with Crippen LogP contribution in [-0.4, -0.2) is 23.5 Å². The second-order valence-electron chi connectivity index (χ2n) is 5.60. The zero-order valence-corrected chi connectivity index (χ0v) is 16.7. The van der Waals surface area contributed by atoms with Crippen LogP contribution in [0.4, 0.5) is 5.00 Å². The third-order valence-electron chi connectivity index (χ3n) is 3.56. The van der Waals surface area contributed by atoms with Gasteiger partial charge in [-0.1, -0.05) is 0 Å². The Hall–Kier alpha value is -2.71. The fourth-order valence-corrected chi connectivity index (χ4v) is 3.91. The molecule has 0 unspecified atom stereocenters. The normalized spacial score (nSPS) is 11.1. The minimum atomic E-state index is -0.503. The number of nitrogens with zero attached hydrogens (tertiary/aromatic N) is 1. The number of anilines is 1. The monoisotopic (exact) mass is 402 g/mol. The first-order valence-corrected chi connectivity index (χ1v) is 10.0. The smallest absolute Gasteiger partial charge is 0.341 e. The Morgan fingerprint density at radius 1 is 1.26 bits per heavy atom.